The quantitative estimate of drug-likeness (QED) is 0.459. The highest BCUT2D eigenvalue weighted by Crippen LogP contribution is 2.30. The van der Waals surface area contributed by atoms with Crippen LogP contribution in [0.5, 0.6) is 0 Å². The molecule has 0 saturated carbocycles. The van der Waals surface area contributed by atoms with E-state index in [4.69, 9.17) is 4.42 Å². The van der Waals surface area contributed by atoms with E-state index in [2.05, 4.69) is 19.9 Å². The Kier molecular flexibility index (Phi) is 5.57. The van der Waals surface area contributed by atoms with Gasteiger partial charge in [0.15, 0.2) is 0 Å². The summed E-state index contributed by atoms with van der Waals surface area (Å²) in [5.41, 5.74) is 2.34. The average Bonchev–Trinajstić information content (AvgIpc) is 3.19. The molecule has 5 rings (SSSR count). The normalized spacial score (nSPS) is 14.2. The lowest BCUT2D eigenvalue weighted by molar-refractivity contribution is -0.137. The van der Waals surface area contributed by atoms with Gasteiger partial charge in [-0.3, -0.25) is 9.69 Å². The van der Waals surface area contributed by atoms with Gasteiger partial charge in [-0.25, -0.2) is 9.97 Å². The second kappa shape index (κ2) is 8.57. The van der Waals surface area contributed by atoms with E-state index < -0.39 is 11.7 Å². The fourth-order valence-corrected chi connectivity index (χ4v) is 4.06. The number of halogens is 3. The molecule has 0 aliphatic carbocycles. The molecule has 4 aromatic rings. The largest absolute Gasteiger partial charge is 0.441 e. The van der Waals surface area contributed by atoms with Crippen molar-refractivity contribution in [1.82, 2.24) is 19.9 Å². The summed E-state index contributed by atoms with van der Waals surface area (Å²) in [6, 6.07) is 14.3. The number of aromatic amines is 1. The molecule has 0 fully saturated rings. The van der Waals surface area contributed by atoms with Gasteiger partial charge in [-0.05, 0) is 31.2 Å². The van der Waals surface area contributed by atoms with E-state index in [1.165, 1.54) is 12.1 Å². The zero-order valence-electron chi connectivity index (χ0n) is 18.3. The predicted molar refractivity (Wildman–Crippen MR) is 120 cm³/mol. The van der Waals surface area contributed by atoms with E-state index in [0.29, 0.717) is 48.8 Å². The number of aromatic nitrogens is 3. The van der Waals surface area contributed by atoms with Crippen LogP contribution >= 0.6 is 0 Å². The number of oxazole rings is 1. The van der Waals surface area contributed by atoms with Crippen LogP contribution in [0.3, 0.4) is 0 Å². The molecular weight excluding hydrogens is 445 g/mol. The van der Waals surface area contributed by atoms with Crippen LogP contribution in [0.2, 0.25) is 0 Å². The van der Waals surface area contributed by atoms with Gasteiger partial charge >= 0.3 is 6.18 Å². The summed E-state index contributed by atoms with van der Waals surface area (Å²) in [5.74, 6) is 1.56. The maximum absolute atomic E-state index is 12.8. The topological polar surface area (TPSA) is 75.0 Å². The van der Waals surface area contributed by atoms with Gasteiger partial charge in [0, 0.05) is 37.2 Å². The van der Waals surface area contributed by atoms with Crippen LogP contribution in [0.1, 0.15) is 28.3 Å². The molecule has 0 amide bonds. The summed E-state index contributed by atoms with van der Waals surface area (Å²) in [6.07, 6.45) is -3.86. The maximum Gasteiger partial charge on any atom is 0.416 e. The Morgan fingerprint density at radius 3 is 2.47 bits per heavy atom. The van der Waals surface area contributed by atoms with Gasteiger partial charge in [-0.15, -0.1) is 0 Å². The van der Waals surface area contributed by atoms with Crippen molar-refractivity contribution < 1.29 is 17.6 Å². The number of H-pyrrole nitrogens is 1. The molecular formula is C25H21F3N4O2. The minimum absolute atomic E-state index is 0.269. The second-order valence-electron chi connectivity index (χ2n) is 8.26. The van der Waals surface area contributed by atoms with E-state index in [-0.39, 0.29) is 11.4 Å². The highest BCUT2D eigenvalue weighted by molar-refractivity contribution is 5.56. The Balaban J connectivity index is 1.34. The van der Waals surface area contributed by atoms with Crippen molar-refractivity contribution in [1.29, 1.82) is 0 Å². The Labute approximate surface area is 193 Å². The highest BCUT2D eigenvalue weighted by atomic mass is 19.4. The first-order valence-corrected chi connectivity index (χ1v) is 10.8. The first kappa shape index (κ1) is 22.1. The molecule has 174 valence electrons. The molecule has 9 heteroatoms. The molecule has 6 nitrogen and oxygen atoms in total. The molecule has 3 heterocycles. The van der Waals surface area contributed by atoms with Crippen molar-refractivity contribution in [2.75, 3.05) is 6.54 Å². The van der Waals surface area contributed by atoms with Crippen LogP contribution in [0.15, 0.2) is 63.8 Å². The van der Waals surface area contributed by atoms with Crippen molar-refractivity contribution >= 4 is 0 Å². The first-order chi connectivity index (χ1) is 16.3. The zero-order chi connectivity index (χ0) is 23.9. The van der Waals surface area contributed by atoms with E-state index in [9.17, 15) is 18.0 Å². The fraction of sp³-hybridized carbons (Fsp3) is 0.240. The maximum atomic E-state index is 12.8. The molecule has 0 radical (unpaired) electrons. The lowest BCUT2D eigenvalue weighted by Gasteiger charge is -2.27. The van der Waals surface area contributed by atoms with Gasteiger partial charge in [-0.2, -0.15) is 13.2 Å². The van der Waals surface area contributed by atoms with Crippen molar-refractivity contribution in [3.05, 3.63) is 93.2 Å². The molecule has 34 heavy (non-hydrogen) atoms. The van der Waals surface area contributed by atoms with E-state index in [1.807, 2.05) is 37.3 Å². The molecule has 2 aromatic carbocycles. The first-order valence-electron chi connectivity index (χ1n) is 10.8. The molecule has 0 atom stereocenters. The van der Waals surface area contributed by atoms with Crippen LogP contribution < -0.4 is 5.56 Å². The number of hydrogen-bond acceptors (Lipinski definition) is 5. The number of fused-ring (bicyclic) bond motifs is 1. The average molecular weight is 466 g/mol. The Morgan fingerprint density at radius 1 is 1.03 bits per heavy atom. The molecule has 1 aliphatic rings. The molecule has 0 spiro atoms. The van der Waals surface area contributed by atoms with E-state index in [1.54, 1.807) is 0 Å². The van der Waals surface area contributed by atoms with Crippen molar-refractivity contribution in [3.8, 4) is 22.8 Å². The van der Waals surface area contributed by atoms with Crippen LogP contribution in [0.25, 0.3) is 22.8 Å². The van der Waals surface area contributed by atoms with Crippen LogP contribution in [0, 0.1) is 6.92 Å². The number of alkyl halides is 3. The molecule has 0 saturated heterocycles. The number of aryl methyl sites for hydroxylation is 1. The molecule has 2 aromatic heterocycles. The Morgan fingerprint density at radius 2 is 1.76 bits per heavy atom. The lowest BCUT2D eigenvalue weighted by Crippen LogP contribution is -2.35. The van der Waals surface area contributed by atoms with Gasteiger partial charge in [-0.1, -0.05) is 30.3 Å². The van der Waals surface area contributed by atoms with Gasteiger partial charge in [0.25, 0.3) is 5.56 Å². The zero-order valence-corrected chi connectivity index (χ0v) is 18.3. The molecule has 1 aliphatic heterocycles. The van der Waals surface area contributed by atoms with Crippen molar-refractivity contribution in [3.63, 3.8) is 0 Å². The summed E-state index contributed by atoms with van der Waals surface area (Å²) in [6.45, 7) is 3.47. The minimum Gasteiger partial charge on any atom is -0.441 e. The van der Waals surface area contributed by atoms with Gasteiger partial charge in [0.1, 0.15) is 11.6 Å². The van der Waals surface area contributed by atoms with Crippen LogP contribution in [-0.4, -0.2) is 26.4 Å². The highest BCUT2D eigenvalue weighted by Gasteiger charge is 2.30. The number of nitrogens with one attached hydrogen (secondary N) is 1. The SMILES string of the molecule is Cc1oc(-c2ccccc2)nc1CN1CCc2nc(-c3ccc(C(F)(F)F)cc3)[nH]c(=O)c2C1. The van der Waals surface area contributed by atoms with E-state index in [0.717, 1.165) is 29.2 Å². The van der Waals surface area contributed by atoms with Gasteiger partial charge in [0.05, 0.1) is 22.5 Å². The van der Waals surface area contributed by atoms with Crippen LogP contribution in [-0.2, 0) is 25.7 Å². The number of nitrogens with zero attached hydrogens (tertiary/aromatic N) is 3. The van der Waals surface area contributed by atoms with Gasteiger partial charge < -0.3 is 9.40 Å². The van der Waals surface area contributed by atoms with Crippen LogP contribution in [0.4, 0.5) is 13.2 Å². The van der Waals surface area contributed by atoms with Crippen molar-refractivity contribution in [2.24, 2.45) is 0 Å². The predicted octanol–water partition coefficient (Wildman–Crippen LogP) is 4.98. The standard InChI is InChI=1S/C25H21F3N4O2/c1-15-21(30-24(34-15)17-5-3-2-4-6-17)14-32-12-11-20-19(13-32)23(33)31-22(29-20)16-7-9-18(10-8-16)25(26,27)28/h2-10H,11-14H2,1H3,(H,29,31,33). The van der Waals surface area contributed by atoms with E-state index >= 15 is 0 Å². The second-order valence-corrected chi connectivity index (χ2v) is 8.26. The lowest BCUT2D eigenvalue weighted by atomic mass is 10.1. The third-order valence-corrected chi connectivity index (χ3v) is 5.92. The minimum atomic E-state index is -4.41. The van der Waals surface area contributed by atoms with Crippen molar-refractivity contribution in [2.45, 2.75) is 32.6 Å². The summed E-state index contributed by atoms with van der Waals surface area (Å²) < 4.78 is 44.3. The number of rotatable bonds is 4. The molecule has 0 bridgehead atoms. The summed E-state index contributed by atoms with van der Waals surface area (Å²) in [7, 11) is 0. The van der Waals surface area contributed by atoms with Gasteiger partial charge in [0.2, 0.25) is 5.89 Å². The fourth-order valence-electron chi connectivity index (χ4n) is 4.06. The summed E-state index contributed by atoms with van der Waals surface area (Å²) in [5, 5.41) is 0. The molecule has 0 unspecified atom stereocenters. The molecule has 1 N–H and O–H groups in total. The summed E-state index contributed by atoms with van der Waals surface area (Å²) in [4.78, 5) is 26.8. The monoisotopic (exact) mass is 466 g/mol. The third-order valence-electron chi connectivity index (χ3n) is 5.92. The third kappa shape index (κ3) is 4.38. The number of hydrogen-bond donors (Lipinski definition) is 1. The number of benzene rings is 2. The Bertz CT molecular complexity index is 1380. The Hall–Kier alpha value is -3.72. The summed E-state index contributed by atoms with van der Waals surface area (Å²) >= 11 is 0. The smallest absolute Gasteiger partial charge is 0.416 e.